The SMILES string of the molecule is COC1CC(NS(=O)(=O)c2ccc(Cl)nc2)C1. The molecule has 1 aromatic rings. The van der Waals surface area contributed by atoms with Gasteiger partial charge in [0, 0.05) is 19.3 Å². The molecule has 0 radical (unpaired) electrons. The highest BCUT2D eigenvalue weighted by Gasteiger charge is 2.32. The Balaban J connectivity index is 2.02. The van der Waals surface area contributed by atoms with E-state index in [1.165, 1.54) is 18.3 Å². The van der Waals surface area contributed by atoms with Crippen molar-refractivity contribution in [2.75, 3.05) is 7.11 Å². The highest BCUT2D eigenvalue weighted by Crippen LogP contribution is 2.24. The molecule has 1 saturated carbocycles. The van der Waals surface area contributed by atoms with Crippen LogP contribution in [0.3, 0.4) is 0 Å². The van der Waals surface area contributed by atoms with E-state index in [0.717, 1.165) is 0 Å². The first-order valence-corrected chi connectivity index (χ1v) is 7.04. The molecular weight excluding hydrogens is 264 g/mol. The first-order chi connectivity index (χ1) is 8.01. The molecule has 0 bridgehead atoms. The average Bonchev–Trinajstić information content (AvgIpc) is 2.23. The van der Waals surface area contributed by atoms with E-state index in [0.29, 0.717) is 12.8 Å². The van der Waals surface area contributed by atoms with Gasteiger partial charge >= 0.3 is 0 Å². The Morgan fingerprint density at radius 2 is 2.18 bits per heavy atom. The molecule has 0 aliphatic heterocycles. The number of hydrogen-bond donors (Lipinski definition) is 1. The molecule has 5 nitrogen and oxygen atoms in total. The van der Waals surface area contributed by atoms with Gasteiger partial charge in [-0.3, -0.25) is 0 Å². The van der Waals surface area contributed by atoms with Gasteiger partial charge in [0.05, 0.1) is 6.10 Å². The van der Waals surface area contributed by atoms with Gasteiger partial charge in [0.2, 0.25) is 10.0 Å². The lowest BCUT2D eigenvalue weighted by Gasteiger charge is -2.34. The van der Waals surface area contributed by atoms with Crippen molar-refractivity contribution in [2.45, 2.75) is 29.9 Å². The molecule has 1 aliphatic rings. The number of aromatic nitrogens is 1. The summed E-state index contributed by atoms with van der Waals surface area (Å²) in [6.45, 7) is 0. The van der Waals surface area contributed by atoms with Crippen LogP contribution in [0.5, 0.6) is 0 Å². The summed E-state index contributed by atoms with van der Waals surface area (Å²) in [7, 11) is -1.87. The Morgan fingerprint density at radius 1 is 1.47 bits per heavy atom. The average molecular weight is 277 g/mol. The Hall–Kier alpha value is -0.690. The van der Waals surface area contributed by atoms with Crippen LogP contribution in [-0.4, -0.2) is 32.7 Å². The molecule has 1 aromatic heterocycles. The van der Waals surface area contributed by atoms with Crippen molar-refractivity contribution in [1.82, 2.24) is 9.71 Å². The maximum Gasteiger partial charge on any atom is 0.242 e. The monoisotopic (exact) mass is 276 g/mol. The highest BCUT2D eigenvalue weighted by molar-refractivity contribution is 7.89. The molecule has 1 N–H and O–H groups in total. The third-order valence-electron chi connectivity index (χ3n) is 2.76. The molecule has 0 amide bonds. The van der Waals surface area contributed by atoms with Crippen molar-refractivity contribution >= 4 is 21.6 Å². The van der Waals surface area contributed by atoms with Gasteiger partial charge in [0.25, 0.3) is 0 Å². The summed E-state index contributed by atoms with van der Waals surface area (Å²) in [6, 6.07) is 2.83. The molecule has 7 heteroatoms. The summed E-state index contributed by atoms with van der Waals surface area (Å²) in [5, 5.41) is 0.270. The molecule has 1 aliphatic carbocycles. The number of ether oxygens (including phenoxy) is 1. The zero-order valence-electron chi connectivity index (χ0n) is 9.26. The third kappa shape index (κ3) is 2.95. The standard InChI is InChI=1S/C10H13ClN2O3S/c1-16-8-4-7(5-8)13-17(14,15)9-2-3-10(11)12-6-9/h2-3,6-8,13H,4-5H2,1H3. The van der Waals surface area contributed by atoms with Crippen LogP contribution in [0.4, 0.5) is 0 Å². The minimum atomic E-state index is -3.50. The number of nitrogens with one attached hydrogen (secondary N) is 1. The predicted molar refractivity (Wildman–Crippen MR) is 63.4 cm³/mol. The molecule has 94 valence electrons. The van der Waals surface area contributed by atoms with Gasteiger partial charge < -0.3 is 4.74 Å². The predicted octanol–water partition coefficient (Wildman–Crippen LogP) is 1.19. The van der Waals surface area contributed by atoms with Crippen LogP contribution in [0.25, 0.3) is 0 Å². The topological polar surface area (TPSA) is 68.3 Å². The van der Waals surface area contributed by atoms with E-state index < -0.39 is 10.0 Å². The first-order valence-electron chi connectivity index (χ1n) is 5.18. The summed E-state index contributed by atoms with van der Waals surface area (Å²) in [5.74, 6) is 0. The fraction of sp³-hybridized carbons (Fsp3) is 0.500. The Labute approximate surface area is 105 Å². The zero-order chi connectivity index (χ0) is 12.5. The molecule has 2 rings (SSSR count). The Bertz CT molecular complexity index is 483. The molecule has 17 heavy (non-hydrogen) atoms. The minimum Gasteiger partial charge on any atom is -0.381 e. The summed E-state index contributed by atoms with van der Waals surface area (Å²) >= 11 is 5.60. The maximum atomic E-state index is 11.9. The highest BCUT2D eigenvalue weighted by atomic mass is 35.5. The van der Waals surface area contributed by atoms with Gasteiger partial charge in [-0.15, -0.1) is 0 Å². The molecular formula is C10H13ClN2O3S. The van der Waals surface area contributed by atoms with E-state index in [-0.39, 0.29) is 22.2 Å². The van der Waals surface area contributed by atoms with Crippen molar-refractivity contribution in [3.63, 3.8) is 0 Å². The van der Waals surface area contributed by atoms with Crippen LogP contribution < -0.4 is 4.72 Å². The molecule has 0 unspecified atom stereocenters. The molecule has 0 atom stereocenters. The number of hydrogen-bond acceptors (Lipinski definition) is 4. The Morgan fingerprint density at radius 3 is 2.71 bits per heavy atom. The molecule has 1 fully saturated rings. The van der Waals surface area contributed by atoms with Gasteiger partial charge in [-0.1, -0.05) is 11.6 Å². The van der Waals surface area contributed by atoms with Gasteiger partial charge in [0.1, 0.15) is 10.0 Å². The second-order valence-corrected chi connectivity index (χ2v) is 6.07. The summed E-state index contributed by atoms with van der Waals surface area (Å²) in [5.41, 5.74) is 0. The number of methoxy groups -OCH3 is 1. The fourth-order valence-electron chi connectivity index (χ4n) is 1.66. The largest absolute Gasteiger partial charge is 0.381 e. The van der Waals surface area contributed by atoms with Crippen molar-refractivity contribution in [3.05, 3.63) is 23.5 Å². The van der Waals surface area contributed by atoms with Gasteiger partial charge in [-0.25, -0.2) is 18.1 Å². The van der Waals surface area contributed by atoms with Crippen molar-refractivity contribution in [1.29, 1.82) is 0 Å². The molecule has 0 aromatic carbocycles. The lowest BCUT2D eigenvalue weighted by atomic mass is 9.90. The van der Waals surface area contributed by atoms with Crippen LogP contribution >= 0.6 is 11.6 Å². The number of halogens is 1. The van der Waals surface area contributed by atoms with Crippen molar-refractivity contribution < 1.29 is 13.2 Å². The quantitative estimate of drug-likeness (QED) is 0.839. The summed E-state index contributed by atoms with van der Waals surface area (Å²) < 4.78 is 31.5. The number of nitrogens with zero attached hydrogens (tertiary/aromatic N) is 1. The van der Waals surface area contributed by atoms with Gasteiger partial charge in [-0.2, -0.15) is 0 Å². The molecule has 1 heterocycles. The number of rotatable bonds is 4. The normalized spacial score (nSPS) is 24.4. The van der Waals surface area contributed by atoms with Crippen LogP contribution in [-0.2, 0) is 14.8 Å². The third-order valence-corrected chi connectivity index (χ3v) is 4.49. The summed E-state index contributed by atoms with van der Waals surface area (Å²) in [4.78, 5) is 3.88. The van der Waals surface area contributed by atoms with Crippen LogP contribution in [0.1, 0.15) is 12.8 Å². The second kappa shape index (κ2) is 4.89. The van der Waals surface area contributed by atoms with Gasteiger partial charge in [-0.05, 0) is 25.0 Å². The maximum absolute atomic E-state index is 11.9. The van der Waals surface area contributed by atoms with Crippen LogP contribution in [0.15, 0.2) is 23.2 Å². The van der Waals surface area contributed by atoms with E-state index in [9.17, 15) is 8.42 Å². The van der Waals surface area contributed by atoms with E-state index in [4.69, 9.17) is 16.3 Å². The Kier molecular flexibility index (Phi) is 3.67. The molecule has 0 spiro atoms. The summed E-state index contributed by atoms with van der Waals surface area (Å²) in [6.07, 6.45) is 2.82. The van der Waals surface area contributed by atoms with E-state index in [2.05, 4.69) is 9.71 Å². The van der Waals surface area contributed by atoms with E-state index >= 15 is 0 Å². The van der Waals surface area contributed by atoms with Crippen molar-refractivity contribution in [2.24, 2.45) is 0 Å². The molecule has 0 saturated heterocycles. The number of sulfonamides is 1. The zero-order valence-corrected chi connectivity index (χ0v) is 10.8. The second-order valence-electron chi connectivity index (χ2n) is 3.96. The van der Waals surface area contributed by atoms with E-state index in [1.807, 2.05) is 0 Å². The lowest BCUT2D eigenvalue weighted by Crippen LogP contribution is -2.47. The van der Waals surface area contributed by atoms with Crippen molar-refractivity contribution in [3.8, 4) is 0 Å². The van der Waals surface area contributed by atoms with Gasteiger partial charge in [0.15, 0.2) is 0 Å². The fourth-order valence-corrected chi connectivity index (χ4v) is 2.98. The minimum absolute atomic E-state index is 0.0550. The lowest BCUT2D eigenvalue weighted by molar-refractivity contribution is 0.0236. The smallest absolute Gasteiger partial charge is 0.242 e. The van der Waals surface area contributed by atoms with Crippen LogP contribution in [0, 0.1) is 0 Å². The van der Waals surface area contributed by atoms with E-state index in [1.54, 1.807) is 7.11 Å². The first kappa shape index (κ1) is 12.8. The number of pyridine rings is 1. The van der Waals surface area contributed by atoms with Crippen LogP contribution in [0.2, 0.25) is 5.15 Å².